The van der Waals surface area contributed by atoms with Crippen molar-refractivity contribution in [1.82, 2.24) is 4.98 Å². The van der Waals surface area contributed by atoms with Crippen LogP contribution in [0.25, 0.3) is 0 Å². The molecule has 134 valence electrons. The minimum atomic E-state index is 0.829. The van der Waals surface area contributed by atoms with E-state index in [2.05, 4.69) is 36.4 Å². The molecule has 0 aliphatic rings. The van der Waals surface area contributed by atoms with Gasteiger partial charge in [0.15, 0.2) is 0 Å². The minimum absolute atomic E-state index is 0.829. The Hall–Kier alpha value is -1.51. The third-order valence-corrected chi connectivity index (χ3v) is 5.02. The zero-order valence-corrected chi connectivity index (χ0v) is 15.9. The van der Waals surface area contributed by atoms with Crippen molar-refractivity contribution in [3.63, 3.8) is 0 Å². The summed E-state index contributed by atoms with van der Waals surface area (Å²) in [6, 6.07) is 4.02. The fourth-order valence-corrected chi connectivity index (χ4v) is 3.35. The maximum Gasteiger partial charge on any atom is 0.255 e. The van der Waals surface area contributed by atoms with Gasteiger partial charge in [-0.2, -0.15) is 0 Å². The number of aryl methyl sites for hydroxylation is 2. The van der Waals surface area contributed by atoms with Crippen LogP contribution in [-0.2, 0) is 13.0 Å². The molecule has 0 unspecified atom stereocenters. The van der Waals surface area contributed by atoms with Crippen molar-refractivity contribution in [2.24, 2.45) is 0 Å². The SMILES string of the molecule is CCCCCCCCCCCc1[nH]c(C)c(C)[n+]1Cc1ccco1. The van der Waals surface area contributed by atoms with Gasteiger partial charge in [0.05, 0.1) is 6.26 Å². The van der Waals surface area contributed by atoms with Crippen LogP contribution in [0, 0.1) is 13.8 Å². The van der Waals surface area contributed by atoms with Gasteiger partial charge in [0.25, 0.3) is 5.82 Å². The maximum atomic E-state index is 5.52. The largest absolute Gasteiger partial charge is 0.465 e. The van der Waals surface area contributed by atoms with Gasteiger partial charge >= 0.3 is 0 Å². The molecule has 2 aromatic rings. The van der Waals surface area contributed by atoms with Gasteiger partial charge in [-0.05, 0) is 18.6 Å². The minimum Gasteiger partial charge on any atom is -0.465 e. The number of nitrogens with one attached hydrogen (secondary N) is 1. The standard InChI is InChI=1S/C21H34N2O/c1-4-5-6-7-8-9-10-11-12-15-21-22-18(2)19(3)23(21)17-20-14-13-16-24-20/h13-14,16H,4-12,15,17H2,1-3H3/p+1. The molecular weight excluding hydrogens is 296 g/mol. The highest BCUT2D eigenvalue weighted by atomic mass is 16.3. The Kier molecular flexibility index (Phi) is 8.14. The lowest BCUT2D eigenvalue weighted by Crippen LogP contribution is -2.39. The van der Waals surface area contributed by atoms with Gasteiger partial charge in [-0.25, -0.2) is 9.55 Å². The summed E-state index contributed by atoms with van der Waals surface area (Å²) in [5.74, 6) is 2.36. The van der Waals surface area contributed by atoms with Crippen molar-refractivity contribution < 1.29 is 8.98 Å². The smallest absolute Gasteiger partial charge is 0.255 e. The van der Waals surface area contributed by atoms with Crippen molar-refractivity contribution in [2.75, 3.05) is 0 Å². The van der Waals surface area contributed by atoms with E-state index in [0.717, 1.165) is 18.7 Å². The Morgan fingerprint density at radius 1 is 0.958 bits per heavy atom. The van der Waals surface area contributed by atoms with E-state index < -0.39 is 0 Å². The van der Waals surface area contributed by atoms with Crippen molar-refractivity contribution >= 4 is 0 Å². The number of furan rings is 1. The van der Waals surface area contributed by atoms with Crippen molar-refractivity contribution in [3.8, 4) is 0 Å². The highest BCUT2D eigenvalue weighted by Gasteiger charge is 2.19. The third-order valence-electron chi connectivity index (χ3n) is 5.02. The van der Waals surface area contributed by atoms with Crippen LogP contribution in [0.4, 0.5) is 0 Å². The summed E-state index contributed by atoms with van der Waals surface area (Å²) >= 11 is 0. The number of nitrogens with zero attached hydrogens (tertiary/aromatic N) is 1. The molecule has 0 aliphatic carbocycles. The van der Waals surface area contributed by atoms with Crippen LogP contribution in [-0.4, -0.2) is 4.98 Å². The van der Waals surface area contributed by atoms with E-state index in [1.54, 1.807) is 6.26 Å². The molecule has 0 aromatic carbocycles. The van der Waals surface area contributed by atoms with E-state index in [0.29, 0.717) is 0 Å². The second-order valence-corrected chi connectivity index (χ2v) is 7.03. The molecule has 2 rings (SSSR count). The number of unbranched alkanes of at least 4 members (excludes halogenated alkanes) is 8. The lowest BCUT2D eigenvalue weighted by Gasteiger charge is -2.03. The lowest BCUT2D eigenvalue weighted by molar-refractivity contribution is -0.701. The molecule has 0 saturated heterocycles. The van der Waals surface area contributed by atoms with Crippen molar-refractivity contribution in [2.45, 2.75) is 91.5 Å². The quantitative estimate of drug-likeness (QED) is 0.396. The average molecular weight is 332 g/mol. The highest BCUT2D eigenvalue weighted by molar-refractivity contribution is 5.05. The monoisotopic (exact) mass is 331 g/mol. The van der Waals surface area contributed by atoms with E-state index in [4.69, 9.17) is 4.42 Å². The molecule has 0 aliphatic heterocycles. The zero-order chi connectivity index (χ0) is 17.2. The van der Waals surface area contributed by atoms with Gasteiger partial charge in [0.2, 0.25) is 0 Å². The Morgan fingerprint density at radius 3 is 2.25 bits per heavy atom. The number of imidazole rings is 1. The summed E-state index contributed by atoms with van der Waals surface area (Å²) in [7, 11) is 0. The van der Waals surface area contributed by atoms with Crippen LogP contribution in [0.3, 0.4) is 0 Å². The average Bonchev–Trinajstić information content (AvgIpc) is 3.18. The molecule has 3 heteroatoms. The molecule has 0 fully saturated rings. The number of H-pyrrole nitrogens is 1. The van der Waals surface area contributed by atoms with Crippen LogP contribution in [0.2, 0.25) is 0 Å². The van der Waals surface area contributed by atoms with Crippen molar-refractivity contribution in [1.29, 1.82) is 0 Å². The van der Waals surface area contributed by atoms with Gasteiger partial charge in [0.1, 0.15) is 23.7 Å². The van der Waals surface area contributed by atoms with Gasteiger partial charge in [-0.15, -0.1) is 0 Å². The number of hydrogen-bond acceptors (Lipinski definition) is 1. The Balaban J connectivity index is 1.71. The summed E-state index contributed by atoms with van der Waals surface area (Å²) in [5, 5.41) is 0. The van der Waals surface area contributed by atoms with Crippen molar-refractivity contribution in [3.05, 3.63) is 41.4 Å². The molecule has 0 radical (unpaired) electrons. The zero-order valence-electron chi connectivity index (χ0n) is 15.9. The van der Waals surface area contributed by atoms with Crippen LogP contribution >= 0.6 is 0 Å². The molecule has 0 saturated carbocycles. The lowest BCUT2D eigenvalue weighted by atomic mass is 10.1. The third kappa shape index (κ3) is 5.85. The highest BCUT2D eigenvalue weighted by Crippen LogP contribution is 2.12. The van der Waals surface area contributed by atoms with E-state index >= 15 is 0 Å². The van der Waals surface area contributed by atoms with E-state index in [9.17, 15) is 0 Å². The predicted octanol–water partition coefficient (Wildman–Crippen LogP) is 5.63. The summed E-state index contributed by atoms with van der Waals surface area (Å²) in [6.45, 7) is 7.46. The summed E-state index contributed by atoms with van der Waals surface area (Å²) < 4.78 is 7.89. The molecule has 0 bridgehead atoms. The Morgan fingerprint density at radius 2 is 1.62 bits per heavy atom. The molecular formula is C21H35N2O+. The van der Waals surface area contributed by atoms with E-state index in [-0.39, 0.29) is 0 Å². The first kappa shape index (κ1) is 18.8. The second-order valence-electron chi connectivity index (χ2n) is 7.03. The van der Waals surface area contributed by atoms with E-state index in [1.165, 1.54) is 75.0 Å². The molecule has 3 nitrogen and oxygen atoms in total. The molecule has 0 amide bonds. The van der Waals surface area contributed by atoms with Gasteiger partial charge in [-0.3, -0.25) is 0 Å². The second kappa shape index (κ2) is 10.4. The summed E-state index contributed by atoms with van der Waals surface area (Å²) in [6.07, 6.45) is 15.3. The summed E-state index contributed by atoms with van der Waals surface area (Å²) in [4.78, 5) is 3.57. The Bertz CT molecular complexity index is 569. The number of aromatic amines is 1. The maximum absolute atomic E-state index is 5.52. The fraction of sp³-hybridized carbons (Fsp3) is 0.667. The van der Waals surface area contributed by atoms with E-state index in [1.807, 2.05) is 6.07 Å². The Labute approximate surface area is 147 Å². The van der Waals surface area contributed by atoms with Crippen LogP contribution in [0.15, 0.2) is 22.8 Å². The van der Waals surface area contributed by atoms with Crippen LogP contribution in [0.5, 0.6) is 0 Å². The van der Waals surface area contributed by atoms with Crippen LogP contribution < -0.4 is 4.57 Å². The molecule has 1 N–H and O–H groups in total. The molecule has 0 spiro atoms. The van der Waals surface area contributed by atoms with Crippen LogP contribution in [0.1, 0.15) is 87.7 Å². The first-order valence-electron chi connectivity index (χ1n) is 9.82. The number of aromatic nitrogens is 2. The molecule has 0 atom stereocenters. The normalized spacial score (nSPS) is 11.3. The number of rotatable bonds is 12. The topological polar surface area (TPSA) is 32.8 Å². The summed E-state index contributed by atoms with van der Waals surface area (Å²) in [5.41, 5.74) is 2.59. The molecule has 24 heavy (non-hydrogen) atoms. The fourth-order valence-electron chi connectivity index (χ4n) is 3.35. The van der Waals surface area contributed by atoms with Gasteiger partial charge in [0, 0.05) is 20.3 Å². The van der Waals surface area contributed by atoms with Gasteiger partial charge in [-0.1, -0.05) is 58.3 Å². The first-order chi connectivity index (χ1) is 11.7. The van der Waals surface area contributed by atoms with Gasteiger partial charge < -0.3 is 4.42 Å². The first-order valence-corrected chi connectivity index (χ1v) is 9.82. The predicted molar refractivity (Wildman–Crippen MR) is 99.2 cm³/mol. The molecule has 2 aromatic heterocycles. The number of hydrogen-bond donors (Lipinski definition) is 1. The molecule has 2 heterocycles.